The highest BCUT2D eigenvalue weighted by molar-refractivity contribution is 5.86. The van der Waals surface area contributed by atoms with E-state index in [1.54, 1.807) is 7.11 Å². The second kappa shape index (κ2) is 7.19. The molecule has 0 aliphatic carbocycles. The quantitative estimate of drug-likeness (QED) is 0.896. The van der Waals surface area contributed by atoms with Crippen LogP contribution in [0.1, 0.15) is 32.4 Å². The van der Waals surface area contributed by atoms with Crippen LogP contribution < -0.4 is 15.4 Å². The van der Waals surface area contributed by atoms with Gasteiger partial charge in [-0.15, -0.1) is 0 Å². The number of ether oxygens (including phenoxy) is 2. The standard InChI is InChI=1S/C17H27N3O3/c1-17(2,3)23-16(21)19-14-10-12(22-5)6-7-13(14)15-11-18-8-9-20(15)4/h6-7,10,15,18H,8-9,11H2,1-5H3,(H,19,21). The summed E-state index contributed by atoms with van der Waals surface area (Å²) in [6.45, 7) is 8.31. The van der Waals surface area contributed by atoms with Crippen LogP contribution in [-0.2, 0) is 4.74 Å². The molecule has 0 bridgehead atoms. The van der Waals surface area contributed by atoms with Gasteiger partial charge in [0.05, 0.1) is 12.8 Å². The van der Waals surface area contributed by atoms with Crippen molar-refractivity contribution in [3.05, 3.63) is 23.8 Å². The summed E-state index contributed by atoms with van der Waals surface area (Å²) in [6, 6.07) is 5.94. The minimum Gasteiger partial charge on any atom is -0.497 e. The maximum absolute atomic E-state index is 12.1. The number of rotatable bonds is 3. The molecule has 1 fully saturated rings. The molecule has 1 aliphatic rings. The summed E-state index contributed by atoms with van der Waals surface area (Å²) in [7, 11) is 3.70. The first kappa shape index (κ1) is 17.6. The lowest BCUT2D eigenvalue weighted by atomic mass is 10.0. The van der Waals surface area contributed by atoms with Gasteiger partial charge in [-0.2, -0.15) is 0 Å². The Morgan fingerprint density at radius 1 is 1.39 bits per heavy atom. The number of carbonyl (C=O) groups excluding carboxylic acids is 1. The van der Waals surface area contributed by atoms with Gasteiger partial charge in [-0.05, 0) is 39.4 Å². The van der Waals surface area contributed by atoms with Crippen LogP contribution in [0.25, 0.3) is 0 Å². The Balaban J connectivity index is 2.26. The number of nitrogens with zero attached hydrogens (tertiary/aromatic N) is 1. The number of methoxy groups -OCH3 is 1. The molecule has 0 spiro atoms. The van der Waals surface area contributed by atoms with Gasteiger partial charge in [0.25, 0.3) is 0 Å². The van der Waals surface area contributed by atoms with E-state index in [9.17, 15) is 4.79 Å². The molecule has 1 saturated heterocycles. The Morgan fingerprint density at radius 3 is 2.74 bits per heavy atom. The Hall–Kier alpha value is -1.79. The molecule has 0 aromatic heterocycles. The van der Waals surface area contributed by atoms with Crippen molar-refractivity contribution in [2.24, 2.45) is 0 Å². The molecule has 1 heterocycles. The number of anilines is 1. The molecule has 1 amide bonds. The fourth-order valence-electron chi connectivity index (χ4n) is 2.63. The van der Waals surface area contributed by atoms with Crippen LogP contribution >= 0.6 is 0 Å². The van der Waals surface area contributed by atoms with Gasteiger partial charge in [0.2, 0.25) is 0 Å². The number of amides is 1. The van der Waals surface area contributed by atoms with E-state index in [0.29, 0.717) is 5.75 Å². The van der Waals surface area contributed by atoms with Gasteiger partial charge < -0.3 is 14.8 Å². The van der Waals surface area contributed by atoms with E-state index in [4.69, 9.17) is 9.47 Å². The molecule has 1 aromatic rings. The predicted octanol–water partition coefficient (Wildman–Crippen LogP) is 2.62. The molecule has 1 atom stereocenters. The number of nitrogens with one attached hydrogen (secondary N) is 2. The zero-order valence-electron chi connectivity index (χ0n) is 14.6. The van der Waals surface area contributed by atoms with Crippen molar-refractivity contribution in [2.75, 3.05) is 39.1 Å². The maximum Gasteiger partial charge on any atom is 0.412 e. The first-order chi connectivity index (χ1) is 10.8. The zero-order valence-corrected chi connectivity index (χ0v) is 14.6. The van der Waals surface area contributed by atoms with Crippen molar-refractivity contribution in [3.63, 3.8) is 0 Å². The van der Waals surface area contributed by atoms with Crippen molar-refractivity contribution in [2.45, 2.75) is 32.4 Å². The van der Waals surface area contributed by atoms with Crippen molar-refractivity contribution < 1.29 is 14.3 Å². The average Bonchev–Trinajstić information content (AvgIpc) is 2.46. The molecule has 128 valence electrons. The van der Waals surface area contributed by atoms with Crippen molar-refractivity contribution in [3.8, 4) is 5.75 Å². The van der Waals surface area contributed by atoms with Crippen LogP contribution in [0, 0.1) is 0 Å². The Labute approximate surface area is 138 Å². The summed E-state index contributed by atoms with van der Waals surface area (Å²) < 4.78 is 10.6. The number of hydrogen-bond donors (Lipinski definition) is 2. The van der Waals surface area contributed by atoms with E-state index in [0.717, 1.165) is 30.9 Å². The number of likely N-dealkylation sites (N-methyl/N-ethyl adjacent to an activating group) is 1. The predicted molar refractivity (Wildman–Crippen MR) is 91.1 cm³/mol. The second-order valence-corrected chi connectivity index (χ2v) is 6.78. The fourth-order valence-corrected chi connectivity index (χ4v) is 2.63. The normalized spacial score (nSPS) is 19.3. The lowest BCUT2D eigenvalue weighted by Gasteiger charge is -2.34. The molecular weight excluding hydrogens is 294 g/mol. The summed E-state index contributed by atoms with van der Waals surface area (Å²) in [5.74, 6) is 0.700. The minimum absolute atomic E-state index is 0.194. The SMILES string of the molecule is COc1ccc(C2CNCCN2C)c(NC(=O)OC(C)(C)C)c1. The smallest absolute Gasteiger partial charge is 0.412 e. The van der Waals surface area contributed by atoms with Crippen LogP contribution in [-0.4, -0.2) is 50.4 Å². The van der Waals surface area contributed by atoms with Crippen molar-refractivity contribution in [1.82, 2.24) is 10.2 Å². The van der Waals surface area contributed by atoms with Crippen LogP contribution in [0.15, 0.2) is 18.2 Å². The second-order valence-electron chi connectivity index (χ2n) is 6.78. The third-order valence-electron chi connectivity index (χ3n) is 3.77. The van der Waals surface area contributed by atoms with Crippen molar-refractivity contribution >= 4 is 11.8 Å². The molecular formula is C17H27N3O3. The molecule has 6 heteroatoms. The number of hydrogen-bond acceptors (Lipinski definition) is 5. The summed E-state index contributed by atoms with van der Waals surface area (Å²) in [6.07, 6.45) is -0.460. The van der Waals surface area contributed by atoms with Crippen LogP contribution in [0.2, 0.25) is 0 Å². The highest BCUT2D eigenvalue weighted by atomic mass is 16.6. The van der Waals surface area contributed by atoms with Gasteiger partial charge in [-0.3, -0.25) is 10.2 Å². The van der Waals surface area contributed by atoms with Crippen LogP contribution in [0.5, 0.6) is 5.75 Å². The summed E-state index contributed by atoms with van der Waals surface area (Å²) in [5, 5.41) is 6.26. The first-order valence-electron chi connectivity index (χ1n) is 7.89. The topological polar surface area (TPSA) is 62.8 Å². The largest absolute Gasteiger partial charge is 0.497 e. The molecule has 1 aliphatic heterocycles. The molecule has 0 saturated carbocycles. The Bertz CT molecular complexity index is 555. The Kier molecular flexibility index (Phi) is 5.49. The highest BCUT2D eigenvalue weighted by Crippen LogP contribution is 2.31. The van der Waals surface area contributed by atoms with Gasteiger partial charge >= 0.3 is 6.09 Å². The van der Waals surface area contributed by atoms with E-state index in [2.05, 4.69) is 22.6 Å². The molecule has 1 aromatic carbocycles. The summed E-state index contributed by atoms with van der Waals surface area (Å²) in [5.41, 5.74) is 1.23. The van der Waals surface area contributed by atoms with Gasteiger partial charge in [0.15, 0.2) is 0 Å². The van der Waals surface area contributed by atoms with Gasteiger partial charge in [0.1, 0.15) is 11.4 Å². The Morgan fingerprint density at radius 2 is 2.13 bits per heavy atom. The van der Waals surface area contributed by atoms with Gasteiger partial charge in [-0.25, -0.2) is 4.79 Å². The monoisotopic (exact) mass is 321 g/mol. The number of benzene rings is 1. The average molecular weight is 321 g/mol. The molecule has 1 unspecified atom stereocenters. The summed E-state index contributed by atoms with van der Waals surface area (Å²) >= 11 is 0. The molecule has 2 rings (SSSR count). The van der Waals surface area contributed by atoms with Crippen molar-refractivity contribution in [1.29, 1.82) is 0 Å². The summed E-state index contributed by atoms with van der Waals surface area (Å²) in [4.78, 5) is 14.4. The molecule has 23 heavy (non-hydrogen) atoms. The third kappa shape index (κ3) is 4.84. The van der Waals surface area contributed by atoms with E-state index >= 15 is 0 Å². The van der Waals surface area contributed by atoms with Crippen LogP contribution in [0.3, 0.4) is 0 Å². The number of carbonyl (C=O) groups is 1. The van der Waals surface area contributed by atoms with E-state index in [1.807, 2.05) is 39.0 Å². The zero-order chi connectivity index (χ0) is 17.0. The van der Waals surface area contributed by atoms with Gasteiger partial charge in [-0.1, -0.05) is 6.07 Å². The highest BCUT2D eigenvalue weighted by Gasteiger charge is 2.25. The number of piperazine rings is 1. The lowest BCUT2D eigenvalue weighted by Crippen LogP contribution is -2.44. The van der Waals surface area contributed by atoms with E-state index < -0.39 is 11.7 Å². The fraction of sp³-hybridized carbons (Fsp3) is 0.588. The first-order valence-corrected chi connectivity index (χ1v) is 7.89. The van der Waals surface area contributed by atoms with Crippen LogP contribution in [0.4, 0.5) is 10.5 Å². The lowest BCUT2D eigenvalue weighted by molar-refractivity contribution is 0.0635. The molecule has 0 radical (unpaired) electrons. The molecule has 2 N–H and O–H groups in total. The van der Waals surface area contributed by atoms with Gasteiger partial charge in [0, 0.05) is 31.7 Å². The third-order valence-corrected chi connectivity index (χ3v) is 3.77. The van der Waals surface area contributed by atoms with E-state index in [1.165, 1.54) is 0 Å². The van der Waals surface area contributed by atoms with E-state index in [-0.39, 0.29) is 6.04 Å². The maximum atomic E-state index is 12.1. The minimum atomic E-state index is -0.535. The molecule has 6 nitrogen and oxygen atoms in total.